The fourth-order valence-electron chi connectivity index (χ4n) is 1.96. The Labute approximate surface area is 154 Å². The third-order valence-electron chi connectivity index (χ3n) is 3.55. The molecule has 1 heterocycles. The Hall–Kier alpha value is -1.22. The van der Waals surface area contributed by atoms with E-state index < -0.39 is 10.0 Å². The van der Waals surface area contributed by atoms with Gasteiger partial charge in [0.1, 0.15) is 0 Å². The van der Waals surface area contributed by atoms with E-state index in [-0.39, 0.29) is 16.8 Å². The molecular formula is C16H19BrN2O3S2. The maximum atomic E-state index is 12.5. The highest BCUT2D eigenvalue weighted by molar-refractivity contribution is 9.11. The zero-order chi connectivity index (χ0) is 17.9. The number of sulfonamides is 1. The third kappa shape index (κ3) is 4.44. The number of amides is 1. The Bertz CT molecular complexity index is 831. The van der Waals surface area contributed by atoms with Crippen LogP contribution in [0.4, 0.5) is 0 Å². The van der Waals surface area contributed by atoms with Crippen LogP contribution in [0, 0.1) is 0 Å². The lowest BCUT2D eigenvalue weighted by Crippen LogP contribution is -2.33. The summed E-state index contributed by atoms with van der Waals surface area (Å²) in [5.74, 6) is -0.302. The summed E-state index contributed by atoms with van der Waals surface area (Å²) in [5.41, 5.74) is 0.323. The Morgan fingerprint density at radius 2 is 2.00 bits per heavy atom. The van der Waals surface area contributed by atoms with Crippen molar-refractivity contribution >= 4 is 43.2 Å². The van der Waals surface area contributed by atoms with Crippen molar-refractivity contribution in [2.45, 2.75) is 31.3 Å². The molecule has 1 amide bonds. The van der Waals surface area contributed by atoms with Crippen LogP contribution in [0.2, 0.25) is 0 Å². The van der Waals surface area contributed by atoms with Crippen molar-refractivity contribution in [2.24, 2.45) is 0 Å². The van der Waals surface area contributed by atoms with Gasteiger partial charge in [-0.15, -0.1) is 11.3 Å². The van der Waals surface area contributed by atoms with Gasteiger partial charge < -0.3 is 5.32 Å². The maximum absolute atomic E-state index is 12.5. The molecule has 1 aromatic heterocycles. The van der Waals surface area contributed by atoms with Gasteiger partial charge in [-0.1, -0.05) is 6.07 Å². The molecule has 24 heavy (non-hydrogen) atoms. The lowest BCUT2D eigenvalue weighted by atomic mass is 10.2. The minimum absolute atomic E-state index is 0.116. The molecule has 0 bridgehead atoms. The first kappa shape index (κ1) is 19.1. The lowest BCUT2D eigenvalue weighted by molar-refractivity contribution is 0.0951. The fraction of sp³-hybridized carbons (Fsp3) is 0.312. The smallest absolute Gasteiger partial charge is 0.251 e. The normalized spacial score (nSPS) is 11.9. The molecule has 130 valence electrons. The number of benzene rings is 1. The van der Waals surface area contributed by atoms with E-state index >= 15 is 0 Å². The predicted octanol–water partition coefficient (Wildman–Crippen LogP) is 3.47. The molecule has 0 aliphatic heterocycles. The molecule has 2 aromatic rings. The highest BCUT2D eigenvalue weighted by Crippen LogP contribution is 2.22. The second kappa shape index (κ2) is 7.77. The molecule has 1 N–H and O–H groups in total. The standard InChI is InChI=1S/C16H19BrN2O3S2/c1-11(2)19(3)24(21,22)14-6-4-5-12(9-14)16(20)18-10-13-7-8-15(17)23-13/h4-9,11H,10H2,1-3H3,(H,18,20). The molecule has 0 saturated heterocycles. The molecule has 0 radical (unpaired) electrons. The van der Waals surface area contributed by atoms with Gasteiger partial charge in [-0.3, -0.25) is 4.79 Å². The van der Waals surface area contributed by atoms with Gasteiger partial charge in [0, 0.05) is 23.5 Å². The summed E-state index contributed by atoms with van der Waals surface area (Å²) in [5, 5.41) is 2.80. The van der Waals surface area contributed by atoms with Crippen LogP contribution in [0.15, 0.2) is 45.1 Å². The van der Waals surface area contributed by atoms with Crippen molar-refractivity contribution < 1.29 is 13.2 Å². The van der Waals surface area contributed by atoms with E-state index in [0.29, 0.717) is 12.1 Å². The van der Waals surface area contributed by atoms with E-state index in [1.165, 1.54) is 34.8 Å². The monoisotopic (exact) mass is 430 g/mol. The van der Waals surface area contributed by atoms with Crippen molar-refractivity contribution in [1.82, 2.24) is 9.62 Å². The van der Waals surface area contributed by atoms with E-state index in [9.17, 15) is 13.2 Å². The van der Waals surface area contributed by atoms with Crippen molar-refractivity contribution in [3.63, 3.8) is 0 Å². The molecule has 0 unspecified atom stereocenters. The number of nitrogens with one attached hydrogen (secondary N) is 1. The fourth-order valence-corrected chi connectivity index (χ4v) is 4.79. The van der Waals surface area contributed by atoms with Gasteiger partial charge in [0.2, 0.25) is 10.0 Å². The SMILES string of the molecule is CC(C)N(C)S(=O)(=O)c1cccc(C(=O)NCc2ccc(Br)s2)c1. The molecule has 0 aliphatic rings. The molecule has 5 nitrogen and oxygen atoms in total. The van der Waals surface area contributed by atoms with E-state index in [1.807, 2.05) is 12.1 Å². The van der Waals surface area contributed by atoms with Crippen molar-refractivity contribution in [3.8, 4) is 0 Å². The molecule has 0 aliphatic carbocycles. The van der Waals surface area contributed by atoms with Crippen LogP contribution in [0.25, 0.3) is 0 Å². The van der Waals surface area contributed by atoms with Crippen molar-refractivity contribution in [1.29, 1.82) is 0 Å². The number of hydrogen-bond acceptors (Lipinski definition) is 4. The molecule has 0 saturated carbocycles. The Kier molecular flexibility index (Phi) is 6.19. The second-order valence-electron chi connectivity index (χ2n) is 5.53. The summed E-state index contributed by atoms with van der Waals surface area (Å²) in [4.78, 5) is 13.4. The minimum Gasteiger partial charge on any atom is -0.347 e. The number of hydrogen-bond donors (Lipinski definition) is 1. The van der Waals surface area contributed by atoms with Crippen LogP contribution in [0.5, 0.6) is 0 Å². The van der Waals surface area contributed by atoms with E-state index in [2.05, 4.69) is 21.2 Å². The zero-order valence-electron chi connectivity index (χ0n) is 13.6. The van der Waals surface area contributed by atoms with Gasteiger partial charge in [-0.05, 0) is 60.1 Å². The second-order valence-corrected chi connectivity index (χ2v) is 10.1. The molecule has 1 aromatic carbocycles. The van der Waals surface area contributed by atoms with Gasteiger partial charge in [0.25, 0.3) is 5.91 Å². The molecule has 0 spiro atoms. The topological polar surface area (TPSA) is 66.5 Å². The maximum Gasteiger partial charge on any atom is 0.251 e. The van der Waals surface area contributed by atoms with Crippen LogP contribution in [-0.2, 0) is 16.6 Å². The van der Waals surface area contributed by atoms with Gasteiger partial charge in [0.15, 0.2) is 0 Å². The third-order valence-corrected chi connectivity index (χ3v) is 7.21. The summed E-state index contributed by atoms with van der Waals surface area (Å²) in [6, 6.07) is 9.78. The average molecular weight is 431 g/mol. The molecule has 0 fully saturated rings. The summed E-state index contributed by atoms with van der Waals surface area (Å²) in [7, 11) is -2.08. The summed E-state index contributed by atoms with van der Waals surface area (Å²) < 4.78 is 27.3. The predicted molar refractivity (Wildman–Crippen MR) is 99.7 cm³/mol. The quantitative estimate of drug-likeness (QED) is 0.762. The number of rotatable bonds is 6. The summed E-state index contributed by atoms with van der Waals surface area (Å²) in [6.07, 6.45) is 0. The van der Waals surface area contributed by atoms with Crippen LogP contribution < -0.4 is 5.32 Å². The average Bonchev–Trinajstić information content (AvgIpc) is 2.97. The first-order chi connectivity index (χ1) is 11.2. The minimum atomic E-state index is -3.61. The molecule has 2 rings (SSSR count). The van der Waals surface area contributed by atoms with E-state index in [1.54, 1.807) is 26.0 Å². The Balaban J connectivity index is 2.16. The highest BCUT2D eigenvalue weighted by Gasteiger charge is 2.23. The lowest BCUT2D eigenvalue weighted by Gasteiger charge is -2.21. The van der Waals surface area contributed by atoms with E-state index in [4.69, 9.17) is 0 Å². The number of nitrogens with zero attached hydrogens (tertiary/aromatic N) is 1. The first-order valence-corrected chi connectivity index (χ1v) is 10.4. The highest BCUT2D eigenvalue weighted by atomic mass is 79.9. The number of carbonyl (C=O) groups excluding carboxylic acids is 1. The van der Waals surface area contributed by atoms with E-state index in [0.717, 1.165) is 8.66 Å². The largest absolute Gasteiger partial charge is 0.347 e. The summed E-state index contributed by atoms with van der Waals surface area (Å²) >= 11 is 4.91. The van der Waals surface area contributed by atoms with Crippen molar-refractivity contribution in [3.05, 3.63) is 50.6 Å². The zero-order valence-corrected chi connectivity index (χ0v) is 16.8. The molecule has 0 atom stereocenters. The molecule has 8 heteroatoms. The van der Waals surface area contributed by atoms with Gasteiger partial charge in [-0.25, -0.2) is 8.42 Å². The van der Waals surface area contributed by atoms with Gasteiger partial charge in [-0.2, -0.15) is 4.31 Å². The number of carbonyl (C=O) groups is 1. The number of thiophene rings is 1. The first-order valence-electron chi connectivity index (χ1n) is 7.32. The van der Waals surface area contributed by atoms with Gasteiger partial charge >= 0.3 is 0 Å². The van der Waals surface area contributed by atoms with Gasteiger partial charge in [0.05, 0.1) is 15.2 Å². The summed E-state index contributed by atoms with van der Waals surface area (Å²) in [6.45, 7) is 4.00. The molecular weight excluding hydrogens is 412 g/mol. The van der Waals surface area contributed by atoms with Crippen LogP contribution in [0.3, 0.4) is 0 Å². The van der Waals surface area contributed by atoms with Crippen LogP contribution >= 0.6 is 27.3 Å². The number of halogens is 1. The Morgan fingerprint density at radius 3 is 2.58 bits per heavy atom. The van der Waals surface area contributed by atoms with Crippen LogP contribution in [0.1, 0.15) is 29.1 Å². The van der Waals surface area contributed by atoms with Crippen LogP contribution in [-0.4, -0.2) is 31.7 Å². The van der Waals surface area contributed by atoms with Crippen molar-refractivity contribution in [2.75, 3.05) is 7.05 Å². The Morgan fingerprint density at radius 1 is 1.29 bits per heavy atom.